The van der Waals surface area contributed by atoms with Crippen molar-refractivity contribution >= 4 is 5.97 Å². The molecule has 0 atom stereocenters. The van der Waals surface area contributed by atoms with E-state index in [0.29, 0.717) is 32.2 Å². The molecule has 4 nitrogen and oxygen atoms in total. The average molecular weight is 216 g/mol. The molecule has 0 saturated carbocycles. The number of rotatable bonds is 4. The van der Waals surface area contributed by atoms with E-state index in [0.717, 1.165) is 6.42 Å². The fourth-order valence-electron chi connectivity index (χ4n) is 1.45. The standard InChI is InChI=1S/C11H20O4/c1-4-13-10(12)6-5-9-7-14-11(2,3)15-8-9/h9H,4-8H2,1-3H3. The zero-order valence-corrected chi connectivity index (χ0v) is 9.75. The summed E-state index contributed by atoms with van der Waals surface area (Å²) in [5.41, 5.74) is 0. The molecular formula is C11H20O4. The second kappa shape index (κ2) is 5.47. The van der Waals surface area contributed by atoms with E-state index in [2.05, 4.69) is 0 Å². The molecule has 0 aromatic rings. The summed E-state index contributed by atoms with van der Waals surface area (Å²) in [5.74, 6) is -0.301. The summed E-state index contributed by atoms with van der Waals surface area (Å²) in [5, 5.41) is 0. The topological polar surface area (TPSA) is 44.8 Å². The SMILES string of the molecule is CCOC(=O)CCC1COC(C)(C)OC1. The van der Waals surface area contributed by atoms with Gasteiger partial charge in [0.25, 0.3) is 0 Å². The van der Waals surface area contributed by atoms with E-state index in [4.69, 9.17) is 14.2 Å². The van der Waals surface area contributed by atoms with Gasteiger partial charge in [-0.1, -0.05) is 0 Å². The van der Waals surface area contributed by atoms with Crippen LogP contribution in [0.5, 0.6) is 0 Å². The molecule has 0 radical (unpaired) electrons. The third-order valence-electron chi connectivity index (χ3n) is 2.40. The molecule has 0 spiro atoms. The highest BCUT2D eigenvalue weighted by Gasteiger charge is 2.28. The average Bonchev–Trinajstić information content (AvgIpc) is 2.17. The number of hydrogen-bond donors (Lipinski definition) is 0. The maximum Gasteiger partial charge on any atom is 0.305 e. The predicted octanol–water partition coefficient (Wildman–Crippen LogP) is 1.73. The van der Waals surface area contributed by atoms with Gasteiger partial charge in [-0.15, -0.1) is 0 Å². The predicted molar refractivity (Wildman–Crippen MR) is 55.3 cm³/mol. The highest BCUT2D eigenvalue weighted by molar-refractivity contribution is 5.69. The van der Waals surface area contributed by atoms with E-state index in [9.17, 15) is 4.79 Å². The number of hydrogen-bond acceptors (Lipinski definition) is 4. The van der Waals surface area contributed by atoms with Crippen molar-refractivity contribution < 1.29 is 19.0 Å². The molecular weight excluding hydrogens is 196 g/mol. The number of esters is 1. The molecule has 0 aliphatic carbocycles. The number of carbonyl (C=O) groups excluding carboxylic acids is 1. The minimum atomic E-state index is -0.472. The first-order valence-corrected chi connectivity index (χ1v) is 5.47. The third-order valence-corrected chi connectivity index (χ3v) is 2.40. The van der Waals surface area contributed by atoms with Crippen LogP contribution in [0.25, 0.3) is 0 Å². The van der Waals surface area contributed by atoms with Gasteiger partial charge in [-0.3, -0.25) is 4.79 Å². The highest BCUT2D eigenvalue weighted by atomic mass is 16.7. The first-order valence-electron chi connectivity index (χ1n) is 5.47. The first-order chi connectivity index (χ1) is 7.03. The minimum absolute atomic E-state index is 0.137. The Hall–Kier alpha value is -0.610. The van der Waals surface area contributed by atoms with Crippen LogP contribution < -0.4 is 0 Å². The Bertz CT molecular complexity index is 203. The largest absolute Gasteiger partial charge is 0.466 e. The molecule has 0 unspecified atom stereocenters. The molecule has 88 valence electrons. The van der Waals surface area contributed by atoms with Gasteiger partial charge in [-0.2, -0.15) is 0 Å². The van der Waals surface area contributed by atoms with Crippen molar-refractivity contribution in [1.82, 2.24) is 0 Å². The molecule has 15 heavy (non-hydrogen) atoms. The fraction of sp³-hybridized carbons (Fsp3) is 0.909. The van der Waals surface area contributed by atoms with Crippen LogP contribution in [0.15, 0.2) is 0 Å². The van der Waals surface area contributed by atoms with Crippen LogP contribution in [-0.4, -0.2) is 31.6 Å². The summed E-state index contributed by atoms with van der Waals surface area (Å²) in [6, 6.07) is 0. The second-order valence-corrected chi connectivity index (χ2v) is 4.23. The lowest BCUT2D eigenvalue weighted by Crippen LogP contribution is -2.39. The summed E-state index contributed by atoms with van der Waals surface area (Å²) < 4.78 is 15.8. The van der Waals surface area contributed by atoms with Crippen LogP contribution in [0, 0.1) is 5.92 Å². The van der Waals surface area contributed by atoms with Gasteiger partial charge >= 0.3 is 5.97 Å². The van der Waals surface area contributed by atoms with Gasteiger partial charge in [0, 0.05) is 12.3 Å². The van der Waals surface area contributed by atoms with Crippen molar-refractivity contribution in [1.29, 1.82) is 0 Å². The van der Waals surface area contributed by atoms with Crippen LogP contribution in [0.1, 0.15) is 33.6 Å². The molecule has 0 amide bonds. The highest BCUT2D eigenvalue weighted by Crippen LogP contribution is 2.23. The zero-order valence-electron chi connectivity index (χ0n) is 9.75. The number of ether oxygens (including phenoxy) is 3. The Morgan fingerprint density at radius 1 is 1.40 bits per heavy atom. The maximum atomic E-state index is 11.1. The summed E-state index contributed by atoms with van der Waals surface area (Å²) in [4.78, 5) is 11.1. The fourth-order valence-corrected chi connectivity index (χ4v) is 1.45. The van der Waals surface area contributed by atoms with Gasteiger partial charge in [0.1, 0.15) is 0 Å². The normalized spacial score (nSPS) is 21.3. The van der Waals surface area contributed by atoms with Crippen LogP contribution >= 0.6 is 0 Å². The molecule has 1 aliphatic rings. The van der Waals surface area contributed by atoms with E-state index in [1.54, 1.807) is 0 Å². The first kappa shape index (κ1) is 12.5. The van der Waals surface area contributed by atoms with Crippen molar-refractivity contribution in [2.24, 2.45) is 5.92 Å². The molecule has 0 aromatic heterocycles. The molecule has 1 fully saturated rings. The Morgan fingerprint density at radius 3 is 2.53 bits per heavy atom. The smallest absolute Gasteiger partial charge is 0.305 e. The van der Waals surface area contributed by atoms with Gasteiger partial charge in [0.05, 0.1) is 19.8 Å². The van der Waals surface area contributed by atoms with Gasteiger partial charge in [0.2, 0.25) is 0 Å². The summed E-state index contributed by atoms with van der Waals surface area (Å²) in [7, 11) is 0. The summed E-state index contributed by atoms with van der Waals surface area (Å²) in [6.07, 6.45) is 1.22. The third kappa shape index (κ3) is 4.62. The molecule has 0 bridgehead atoms. The Labute approximate surface area is 90.9 Å². The van der Waals surface area contributed by atoms with Crippen molar-refractivity contribution in [2.45, 2.75) is 39.4 Å². The van der Waals surface area contributed by atoms with E-state index in [1.165, 1.54) is 0 Å². The van der Waals surface area contributed by atoms with Crippen molar-refractivity contribution in [2.75, 3.05) is 19.8 Å². The Kier molecular flexibility index (Phi) is 4.54. The van der Waals surface area contributed by atoms with Gasteiger partial charge in [0.15, 0.2) is 5.79 Å². The van der Waals surface area contributed by atoms with Crippen molar-refractivity contribution in [3.63, 3.8) is 0 Å². The lowest BCUT2D eigenvalue weighted by molar-refractivity contribution is -0.262. The monoisotopic (exact) mass is 216 g/mol. The molecule has 1 rings (SSSR count). The van der Waals surface area contributed by atoms with Crippen LogP contribution in [0.2, 0.25) is 0 Å². The van der Waals surface area contributed by atoms with E-state index < -0.39 is 5.79 Å². The molecule has 4 heteroatoms. The quantitative estimate of drug-likeness (QED) is 0.671. The lowest BCUT2D eigenvalue weighted by Gasteiger charge is -2.34. The van der Waals surface area contributed by atoms with Crippen molar-refractivity contribution in [3.05, 3.63) is 0 Å². The van der Waals surface area contributed by atoms with Crippen LogP contribution in [-0.2, 0) is 19.0 Å². The van der Waals surface area contributed by atoms with Gasteiger partial charge in [-0.25, -0.2) is 0 Å². The maximum absolute atomic E-state index is 11.1. The zero-order chi connectivity index (χ0) is 11.3. The van der Waals surface area contributed by atoms with Gasteiger partial charge < -0.3 is 14.2 Å². The minimum Gasteiger partial charge on any atom is -0.466 e. The lowest BCUT2D eigenvalue weighted by atomic mass is 10.0. The van der Waals surface area contributed by atoms with Crippen LogP contribution in [0.3, 0.4) is 0 Å². The molecule has 0 N–H and O–H groups in total. The Morgan fingerprint density at radius 2 is 2.00 bits per heavy atom. The molecule has 1 saturated heterocycles. The summed E-state index contributed by atoms with van der Waals surface area (Å²) >= 11 is 0. The Balaban J connectivity index is 2.16. The van der Waals surface area contributed by atoms with Crippen LogP contribution in [0.4, 0.5) is 0 Å². The van der Waals surface area contributed by atoms with E-state index in [-0.39, 0.29) is 5.97 Å². The molecule has 1 aliphatic heterocycles. The van der Waals surface area contributed by atoms with Gasteiger partial charge in [-0.05, 0) is 27.2 Å². The second-order valence-electron chi connectivity index (χ2n) is 4.23. The molecule has 0 aromatic carbocycles. The number of carbonyl (C=O) groups is 1. The summed E-state index contributed by atoms with van der Waals surface area (Å²) in [6.45, 7) is 7.37. The van der Waals surface area contributed by atoms with E-state index in [1.807, 2.05) is 20.8 Å². The van der Waals surface area contributed by atoms with Crippen molar-refractivity contribution in [3.8, 4) is 0 Å². The molecule has 1 heterocycles. The van der Waals surface area contributed by atoms with E-state index >= 15 is 0 Å².